The van der Waals surface area contributed by atoms with Crippen LogP contribution in [-0.2, 0) is 6.18 Å². The molecule has 0 radical (unpaired) electrons. The normalized spacial score (nSPS) is 13.6. The monoisotopic (exact) mass is 388 g/mol. The van der Waals surface area contributed by atoms with Crippen molar-refractivity contribution >= 4 is 50.5 Å². The Balaban J connectivity index is 2.44. The summed E-state index contributed by atoms with van der Waals surface area (Å²) in [6.45, 7) is 0. The summed E-state index contributed by atoms with van der Waals surface area (Å²) < 4.78 is 39.2. The molecule has 0 nitrogen and oxygen atoms in total. The summed E-state index contributed by atoms with van der Waals surface area (Å²) in [4.78, 5) is 0.701. The highest BCUT2D eigenvalue weighted by Crippen LogP contribution is 2.41. The van der Waals surface area contributed by atoms with Crippen LogP contribution in [0.2, 0.25) is 4.34 Å². The molecule has 1 aromatic carbocycles. The van der Waals surface area contributed by atoms with Crippen LogP contribution in [0.1, 0.15) is 21.4 Å². The maximum absolute atomic E-state index is 12.7. The first-order valence-electron chi connectivity index (χ1n) is 5.05. The van der Waals surface area contributed by atoms with Crippen molar-refractivity contribution in [3.63, 3.8) is 0 Å². The molecule has 0 bridgehead atoms. The third kappa shape index (κ3) is 3.45. The fraction of sp³-hybridized carbons (Fsp3) is 0.167. The minimum absolute atomic E-state index is 0.370. The lowest BCUT2D eigenvalue weighted by atomic mass is 10.1. The van der Waals surface area contributed by atoms with Gasteiger partial charge < -0.3 is 0 Å². The van der Waals surface area contributed by atoms with Crippen LogP contribution in [0.15, 0.2) is 34.8 Å². The van der Waals surface area contributed by atoms with Crippen LogP contribution in [0.5, 0.6) is 0 Å². The average molecular weight is 390 g/mol. The molecular formula is C12H6BrCl2F3S. The number of hydrogen-bond donors (Lipinski definition) is 0. The zero-order chi connectivity index (χ0) is 14.2. The molecule has 0 spiro atoms. The number of halogens is 6. The van der Waals surface area contributed by atoms with E-state index in [0.29, 0.717) is 19.2 Å². The van der Waals surface area contributed by atoms with Crippen molar-refractivity contribution in [1.82, 2.24) is 0 Å². The first-order valence-corrected chi connectivity index (χ1v) is 7.47. The maximum atomic E-state index is 12.7. The first-order chi connectivity index (χ1) is 8.79. The minimum Gasteiger partial charge on any atom is -0.166 e. The summed E-state index contributed by atoms with van der Waals surface area (Å²) in [5.41, 5.74) is -0.353. The molecule has 0 amide bonds. The molecule has 0 aliphatic rings. The Morgan fingerprint density at radius 3 is 2.37 bits per heavy atom. The number of hydrogen-bond acceptors (Lipinski definition) is 1. The molecule has 2 rings (SSSR count). The predicted octanol–water partition coefficient (Wildman–Crippen LogP) is 6.51. The summed E-state index contributed by atoms with van der Waals surface area (Å²) in [5, 5.41) is -0.672. The second-order valence-corrected chi connectivity index (χ2v) is 6.78. The van der Waals surface area contributed by atoms with Gasteiger partial charge in [-0.3, -0.25) is 0 Å². The third-order valence-corrected chi connectivity index (χ3v) is 5.06. The summed E-state index contributed by atoms with van der Waals surface area (Å²) in [6.07, 6.45) is -4.39. The Labute approximate surface area is 130 Å². The van der Waals surface area contributed by atoms with E-state index >= 15 is 0 Å². The Hall–Kier alpha value is -0.230. The molecule has 19 heavy (non-hydrogen) atoms. The van der Waals surface area contributed by atoms with Crippen LogP contribution < -0.4 is 0 Å². The van der Waals surface area contributed by atoms with E-state index in [1.54, 1.807) is 12.1 Å². The lowest BCUT2D eigenvalue weighted by Gasteiger charge is -2.14. The lowest BCUT2D eigenvalue weighted by Crippen LogP contribution is -2.06. The molecule has 0 saturated carbocycles. The summed E-state index contributed by atoms with van der Waals surface area (Å²) in [7, 11) is 0. The van der Waals surface area contributed by atoms with Gasteiger partial charge in [0.05, 0.1) is 15.3 Å². The van der Waals surface area contributed by atoms with Gasteiger partial charge in [0.2, 0.25) is 0 Å². The molecule has 0 aliphatic carbocycles. The number of alkyl halides is 4. The highest BCUT2D eigenvalue weighted by atomic mass is 79.9. The zero-order valence-electron chi connectivity index (χ0n) is 9.14. The van der Waals surface area contributed by atoms with E-state index in [4.69, 9.17) is 23.2 Å². The van der Waals surface area contributed by atoms with Gasteiger partial charge in [0, 0.05) is 9.35 Å². The van der Waals surface area contributed by atoms with Crippen molar-refractivity contribution in [3.05, 3.63) is 55.1 Å². The molecule has 0 saturated heterocycles. The highest BCUT2D eigenvalue weighted by Gasteiger charge is 2.31. The van der Waals surface area contributed by atoms with Gasteiger partial charge in [0.15, 0.2) is 0 Å². The molecule has 0 N–H and O–H groups in total. The maximum Gasteiger partial charge on any atom is 0.416 e. The van der Waals surface area contributed by atoms with Gasteiger partial charge in [-0.25, -0.2) is 0 Å². The number of benzene rings is 1. The van der Waals surface area contributed by atoms with Gasteiger partial charge >= 0.3 is 6.18 Å². The van der Waals surface area contributed by atoms with Gasteiger partial charge in [0.1, 0.15) is 0 Å². The van der Waals surface area contributed by atoms with E-state index in [1.165, 1.54) is 17.4 Å². The van der Waals surface area contributed by atoms with Crippen LogP contribution in [-0.4, -0.2) is 0 Å². The third-order valence-electron chi connectivity index (χ3n) is 2.44. The largest absolute Gasteiger partial charge is 0.416 e. The number of rotatable bonds is 2. The molecule has 1 aromatic heterocycles. The fourth-order valence-corrected chi connectivity index (χ4v) is 3.58. The molecule has 0 aliphatic heterocycles. The van der Waals surface area contributed by atoms with Crippen LogP contribution >= 0.6 is 50.5 Å². The smallest absolute Gasteiger partial charge is 0.166 e. The van der Waals surface area contributed by atoms with E-state index in [2.05, 4.69) is 15.9 Å². The van der Waals surface area contributed by atoms with Crippen LogP contribution in [0.4, 0.5) is 13.2 Å². The van der Waals surface area contributed by atoms with E-state index < -0.39 is 17.1 Å². The Bertz CT molecular complexity index is 595. The minimum atomic E-state index is -4.39. The molecule has 2 aromatic rings. The van der Waals surface area contributed by atoms with E-state index in [0.717, 1.165) is 12.1 Å². The standard InChI is InChI=1S/C12H6BrCl2F3S/c13-8-2-1-6(12(16,17)18)5-7(8)11(15)9-3-4-10(14)19-9/h1-5,11H. The summed E-state index contributed by atoms with van der Waals surface area (Å²) in [6, 6.07) is 6.78. The molecule has 102 valence electrons. The molecule has 1 atom stereocenters. The lowest BCUT2D eigenvalue weighted by molar-refractivity contribution is -0.137. The van der Waals surface area contributed by atoms with Crippen molar-refractivity contribution in [1.29, 1.82) is 0 Å². The quantitative estimate of drug-likeness (QED) is 0.513. The van der Waals surface area contributed by atoms with Gasteiger partial charge in [0.25, 0.3) is 0 Å². The second kappa shape index (κ2) is 5.64. The van der Waals surface area contributed by atoms with E-state index in [1.807, 2.05) is 0 Å². The first kappa shape index (κ1) is 15.2. The van der Waals surface area contributed by atoms with Gasteiger partial charge in [-0.1, -0.05) is 27.5 Å². The SMILES string of the molecule is FC(F)(F)c1ccc(Br)c(C(Cl)c2ccc(Cl)s2)c1. The van der Waals surface area contributed by atoms with Crippen molar-refractivity contribution in [3.8, 4) is 0 Å². The average Bonchev–Trinajstić information content (AvgIpc) is 2.74. The predicted molar refractivity (Wildman–Crippen MR) is 76.2 cm³/mol. The van der Waals surface area contributed by atoms with E-state index in [9.17, 15) is 13.2 Å². The van der Waals surface area contributed by atoms with E-state index in [-0.39, 0.29) is 0 Å². The Kier molecular flexibility index (Phi) is 4.50. The Morgan fingerprint density at radius 1 is 1.16 bits per heavy atom. The summed E-state index contributed by atoms with van der Waals surface area (Å²) in [5.74, 6) is 0. The summed E-state index contributed by atoms with van der Waals surface area (Å²) >= 11 is 16.5. The van der Waals surface area contributed by atoms with Crippen molar-refractivity contribution in [2.24, 2.45) is 0 Å². The molecule has 0 fully saturated rings. The molecule has 7 heteroatoms. The van der Waals surface area contributed by atoms with Gasteiger partial charge in [-0.15, -0.1) is 22.9 Å². The fourth-order valence-electron chi connectivity index (χ4n) is 1.53. The van der Waals surface area contributed by atoms with Crippen molar-refractivity contribution in [2.75, 3.05) is 0 Å². The van der Waals surface area contributed by atoms with Gasteiger partial charge in [-0.05, 0) is 35.9 Å². The Morgan fingerprint density at radius 2 is 1.84 bits per heavy atom. The number of thiophene rings is 1. The van der Waals surface area contributed by atoms with Crippen molar-refractivity contribution in [2.45, 2.75) is 11.6 Å². The topological polar surface area (TPSA) is 0 Å². The van der Waals surface area contributed by atoms with Gasteiger partial charge in [-0.2, -0.15) is 13.2 Å². The molecule has 1 heterocycles. The van der Waals surface area contributed by atoms with Crippen LogP contribution in [0, 0.1) is 0 Å². The van der Waals surface area contributed by atoms with Crippen LogP contribution in [0.3, 0.4) is 0 Å². The van der Waals surface area contributed by atoms with Crippen molar-refractivity contribution < 1.29 is 13.2 Å². The molecule has 1 unspecified atom stereocenters. The highest BCUT2D eigenvalue weighted by molar-refractivity contribution is 9.10. The second-order valence-electron chi connectivity index (χ2n) is 3.74. The molecular weight excluding hydrogens is 384 g/mol. The zero-order valence-corrected chi connectivity index (χ0v) is 13.1. The van der Waals surface area contributed by atoms with Crippen LogP contribution in [0.25, 0.3) is 0 Å².